The van der Waals surface area contributed by atoms with E-state index < -0.39 is 5.97 Å². The highest BCUT2D eigenvalue weighted by molar-refractivity contribution is 6.23. The molecule has 3 rings (SSSR count). The van der Waals surface area contributed by atoms with Crippen molar-refractivity contribution >= 4 is 23.6 Å². The summed E-state index contributed by atoms with van der Waals surface area (Å²) in [7, 11) is 4.39. The quantitative estimate of drug-likeness (QED) is 0.570. The maximum absolute atomic E-state index is 13.3. The molecule has 6 nitrogen and oxygen atoms in total. The Kier molecular flexibility index (Phi) is 5.73. The second-order valence-electron chi connectivity index (χ2n) is 6.60. The van der Waals surface area contributed by atoms with E-state index in [4.69, 9.17) is 14.2 Å². The predicted molar refractivity (Wildman–Crippen MR) is 111 cm³/mol. The minimum atomic E-state index is -0.558. The van der Waals surface area contributed by atoms with E-state index in [2.05, 4.69) is 0 Å². The van der Waals surface area contributed by atoms with Gasteiger partial charge in [0.2, 0.25) is 0 Å². The zero-order valence-corrected chi connectivity index (χ0v) is 17.1. The van der Waals surface area contributed by atoms with E-state index in [9.17, 15) is 9.59 Å². The smallest absolute Gasteiger partial charge is 0.340 e. The van der Waals surface area contributed by atoms with E-state index in [1.165, 1.54) is 12.0 Å². The summed E-state index contributed by atoms with van der Waals surface area (Å²) in [6, 6.07) is 12.8. The van der Waals surface area contributed by atoms with Crippen LogP contribution in [0, 0.1) is 6.92 Å². The van der Waals surface area contributed by atoms with Crippen LogP contribution in [0.15, 0.2) is 59.3 Å². The first kappa shape index (κ1) is 20.2. The largest absolute Gasteiger partial charge is 0.493 e. The number of ether oxygens (including phenoxy) is 3. The van der Waals surface area contributed by atoms with Crippen molar-refractivity contribution in [3.05, 3.63) is 70.4 Å². The topological polar surface area (TPSA) is 65.1 Å². The number of anilines is 1. The molecule has 0 bridgehead atoms. The monoisotopic (exact) mass is 393 g/mol. The number of hydrogen-bond acceptors (Lipinski definition) is 5. The van der Waals surface area contributed by atoms with E-state index in [1.807, 2.05) is 31.2 Å². The van der Waals surface area contributed by atoms with Crippen molar-refractivity contribution in [1.82, 2.24) is 0 Å². The molecular weight excluding hydrogens is 370 g/mol. The van der Waals surface area contributed by atoms with Gasteiger partial charge in [0.25, 0.3) is 5.91 Å². The van der Waals surface area contributed by atoms with Crippen LogP contribution in [0.1, 0.15) is 18.1 Å². The molecule has 0 radical (unpaired) electrons. The number of methoxy groups -OCH3 is 3. The summed E-state index contributed by atoms with van der Waals surface area (Å²) in [6.45, 7) is 3.71. The fraction of sp³-hybridized carbons (Fsp3) is 0.217. The van der Waals surface area contributed by atoms with Crippen LogP contribution in [-0.2, 0) is 14.3 Å². The lowest BCUT2D eigenvalue weighted by Crippen LogP contribution is -2.24. The number of aryl methyl sites for hydroxylation is 1. The molecule has 2 aromatic rings. The van der Waals surface area contributed by atoms with Crippen molar-refractivity contribution < 1.29 is 23.8 Å². The van der Waals surface area contributed by atoms with Crippen molar-refractivity contribution in [3.63, 3.8) is 0 Å². The molecule has 1 heterocycles. The zero-order chi connectivity index (χ0) is 21.1. The van der Waals surface area contributed by atoms with E-state index in [1.54, 1.807) is 45.4 Å². The van der Waals surface area contributed by atoms with Gasteiger partial charge in [-0.1, -0.05) is 23.8 Å². The lowest BCUT2D eigenvalue weighted by atomic mass is 10.0. The number of amides is 1. The van der Waals surface area contributed by atoms with E-state index >= 15 is 0 Å². The number of esters is 1. The molecule has 0 unspecified atom stereocenters. The molecule has 0 saturated heterocycles. The van der Waals surface area contributed by atoms with Crippen molar-refractivity contribution in [3.8, 4) is 11.5 Å². The minimum Gasteiger partial charge on any atom is -0.493 e. The predicted octanol–water partition coefficient (Wildman–Crippen LogP) is 3.89. The van der Waals surface area contributed by atoms with Crippen molar-refractivity contribution in [2.45, 2.75) is 13.8 Å². The maximum atomic E-state index is 13.3. The van der Waals surface area contributed by atoms with Crippen LogP contribution in [0.4, 0.5) is 5.69 Å². The highest BCUT2D eigenvalue weighted by Gasteiger charge is 2.37. The fourth-order valence-corrected chi connectivity index (χ4v) is 3.29. The average molecular weight is 393 g/mol. The van der Waals surface area contributed by atoms with E-state index in [-0.39, 0.29) is 17.1 Å². The molecule has 0 fully saturated rings. The molecular formula is C23H23NO5. The van der Waals surface area contributed by atoms with Crippen molar-refractivity contribution in [1.29, 1.82) is 0 Å². The van der Waals surface area contributed by atoms with Crippen molar-refractivity contribution in [2.75, 3.05) is 26.2 Å². The second kappa shape index (κ2) is 8.22. The van der Waals surface area contributed by atoms with Gasteiger partial charge in [-0.3, -0.25) is 9.69 Å². The third-order valence-corrected chi connectivity index (χ3v) is 4.80. The molecule has 0 aromatic heterocycles. The van der Waals surface area contributed by atoms with Gasteiger partial charge < -0.3 is 14.2 Å². The lowest BCUT2D eigenvalue weighted by molar-refractivity contribution is -0.136. The molecule has 0 N–H and O–H groups in total. The first-order valence-electron chi connectivity index (χ1n) is 9.05. The third-order valence-electron chi connectivity index (χ3n) is 4.80. The summed E-state index contributed by atoms with van der Waals surface area (Å²) in [5, 5.41) is 0. The van der Waals surface area contributed by atoms with Crippen LogP contribution in [-0.4, -0.2) is 33.2 Å². The van der Waals surface area contributed by atoms with E-state index in [0.717, 1.165) is 5.56 Å². The Morgan fingerprint density at radius 1 is 0.931 bits per heavy atom. The standard InChI is InChI=1S/C23H23NO5/c1-14-6-9-17(10-7-14)24-15(2)21(23(26)29-5)18(22(24)25)12-16-8-11-19(27-3)20(13-16)28-4/h6-13H,1-5H3/b18-12-. The number of carbonyl (C=O) groups excluding carboxylic acids is 2. The third kappa shape index (κ3) is 3.74. The van der Waals surface area contributed by atoms with Crippen LogP contribution in [0.3, 0.4) is 0 Å². The Labute approximate surface area is 170 Å². The van der Waals surface area contributed by atoms with Gasteiger partial charge in [0.1, 0.15) is 0 Å². The summed E-state index contributed by atoms with van der Waals surface area (Å²) in [6.07, 6.45) is 1.66. The number of nitrogens with zero attached hydrogens (tertiary/aromatic N) is 1. The summed E-state index contributed by atoms with van der Waals surface area (Å²) < 4.78 is 15.5. The van der Waals surface area contributed by atoms with Crippen molar-refractivity contribution in [2.24, 2.45) is 0 Å². The molecule has 2 aromatic carbocycles. The van der Waals surface area contributed by atoms with Gasteiger partial charge in [0, 0.05) is 11.4 Å². The molecule has 150 valence electrons. The van der Waals surface area contributed by atoms with Crippen LogP contribution in [0.5, 0.6) is 11.5 Å². The zero-order valence-electron chi connectivity index (χ0n) is 17.1. The van der Waals surface area contributed by atoms with Crippen LogP contribution >= 0.6 is 0 Å². The number of rotatable bonds is 5. The van der Waals surface area contributed by atoms with Gasteiger partial charge in [-0.2, -0.15) is 0 Å². The molecule has 1 aliphatic heterocycles. The summed E-state index contributed by atoms with van der Waals surface area (Å²) in [5.74, 6) is 0.260. The number of allylic oxidation sites excluding steroid dienone is 1. The SMILES string of the molecule is COC(=O)C1=C(C)N(c2ccc(C)cc2)C(=O)/C1=C\c1ccc(OC)c(OC)c1. The van der Waals surface area contributed by atoms with Gasteiger partial charge in [0.05, 0.1) is 32.5 Å². The van der Waals surface area contributed by atoms with Gasteiger partial charge in [-0.15, -0.1) is 0 Å². The Morgan fingerprint density at radius 2 is 1.59 bits per heavy atom. The number of hydrogen-bond donors (Lipinski definition) is 0. The Bertz CT molecular complexity index is 1020. The van der Waals surface area contributed by atoms with Gasteiger partial charge in [-0.05, 0) is 49.8 Å². The molecule has 1 aliphatic rings. The highest BCUT2D eigenvalue weighted by atomic mass is 16.5. The van der Waals surface area contributed by atoms with Crippen LogP contribution < -0.4 is 14.4 Å². The number of carbonyl (C=O) groups is 2. The summed E-state index contributed by atoms with van der Waals surface area (Å²) in [4.78, 5) is 27.3. The Balaban J connectivity index is 2.12. The first-order chi connectivity index (χ1) is 13.9. The molecule has 1 amide bonds. The molecule has 6 heteroatoms. The van der Waals surface area contributed by atoms with Gasteiger partial charge in [-0.25, -0.2) is 4.79 Å². The lowest BCUT2D eigenvalue weighted by Gasteiger charge is -2.18. The summed E-state index contributed by atoms with van der Waals surface area (Å²) in [5.41, 5.74) is 3.50. The fourth-order valence-electron chi connectivity index (χ4n) is 3.29. The molecule has 0 aliphatic carbocycles. The average Bonchev–Trinajstić information content (AvgIpc) is 2.97. The molecule has 0 spiro atoms. The van der Waals surface area contributed by atoms with Crippen LogP contribution in [0.2, 0.25) is 0 Å². The molecule has 29 heavy (non-hydrogen) atoms. The van der Waals surface area contributed by atoms with Gasteiger partial charge in [0.15, 0.2) is 11.5 Å². The Morgan fingerprint density at radius 3 is 2.17 bits per heavy atom. The normalized spacial score (nSPS) is 15.1. The molecule has 0 atom stereocenters. The summed E-state index contributed by atoms with van der Waals surface area (Å²) >= 11 is 0. The minimum absolute atomic E-state index is 0.243. The highest BCUT2D eigenvalue weighted by Crippen LogP contribution is 2.36. The molecule has 0 saturated carbocycles. The number of benzene rings is 2. The maximum Gasteiger partial charge on any atom is 0.340 e. The first-order valence-corrected chi connectivity index (χ1v) is 9.05. The van der Waals surface area contributed by atoms with Crippen LogP contribution in [0.25, 0.3) is 6.08 Å². The van der Waals surface area contributed by atoms with E-state index in [0.29, 0.717) is 28.4 Å². The van der Waals surface area contributed by atoms with Gasteiger partial charge >= 0.3 is 5.97 Å². The Hall–Kier alpha value is -3.54. The second-order valence-corrected chi connectivity index (χ2v) is 6.60.